The zero-order valence-electron chi connectivity index (χ0n) is 20.5. The zero-order chi connectivity index (χ0) is 24.8. The summed E-state index contributed by atoms with van der Waals surface area (Å²) in [6.07, 6.45) is 4.32. The van der Waals surface area contributed by atoms with E-state index in [1.54, 1.807) is 37.3 Å². The van der Waals surface area contributed by atoms with E-state index in [1.165, 1.54) is 11.3 Å². The van der Waals surface area contributed by atoms with E-state index in [9.17, 15) is 9.59 Å². The number of methoxy groups -OCH3 is 2. The molecule has 35 heavy (non-hydrogen) atoms. The minimum Gasteiger partial charge on any atom is -0.497 e. The lowest BCUT2D eigenvalue weighted by atomic mass is 9.97. The Morgan fingerprint density at radius 3 is 2.31 bits per heavy atom. The Labute approximate surface area is 210 Å². The molecule has 0 aliphatic heterocycles. The van der Waals surface area contributed by atoms with Gasteiger partial charge in [0, 0.05) is 29.1 Å². The number of hydrogen-bond donors (Lipinski definition) is 1. The van der Waals surface area contributed by atoms with Gasteiger partial charge >= 0.3 is 0 Å². The first-order valence-electron chi connectivity index (χ1n) is 11.9. The zero-order valence-corrected chi connectivity index (χ0v) is 21.3. The number of carbonyl (C=O) groups is 2. The Morgan fingerprint density at radius 1 is 1.03 bits per heavy atom. The molecular weight excluding hydrogens is 460 g/mol. The van der Waals surface area contributed by atoms with Crippen molar-refractivity contribution >= 4 is 28.8 Å². The van der Waals surface area contributed by atoms with Gasteiger partial charge in [0.15, 0.2) is 0 Å². The van der Waals surface area contributed by atoms with Crippen LogP contribution in [-0.2, 0) is 16.0 Å². The van der Waals surface area contributed by atoms with Gasteiger partial charge < -0.3 is 14.8 Å². The molecule has 0 spiro atoms. The highest BCUT2D eigenvalue weighted by Crippen LogP contribution is 2.36. The van der Waals surface area contributed by atoms with Crippen molar-refractivity contribution in [2.24, 2.45) is 0 Å². The van der Waals surface area contributed by atoms with Crippen molar-refractivity contribution in [3.05, 3.63) is 76.0 Å². The van der Waals surface area contributed by atoms with Gasteiger partial charge in [-0.15, -0.1) is 11.3 Å². The minimum atomic E-state index is -0.832. The quantitative estimate of drug-likeness (QED) is 0.431. The van der Waals surface area contributed by atoms with Crippen LogP contribution < -0.4 is 19.7 Å². The average molecular weight is 493 g/mol. The number of amides is 2. The summed E-state index contributed by atoms with van der Waals surface area (Å²) in [4.78, 5) is 30.4. The van der Waals surface area contributed by atoms with Crippen LogP contribution >= 0.6 is 11.3 Å². The van der Waals surface area contributed by atoms with E-state index in [2.05, 4.69) is 5.32 Å². The second-order valence-corrected chi connectivity index (χ2v) is 9.87. The summed E-state index contributed by atoms with van der Waals surface area (Å²) in [6.45, 7) is 1.97. The van der Waals surface area contributed by atoms with Crippen LogP contribution in [0.4, 0.5) is 5.69 Å². The first kappa shape index (κ1) is 24.8. The fourth-order valence-corrected chi connectivity index (χ4v) is 5.35. The molecule has 2 amide bonds. The van der Waals surface area contributed by atoms with E-state index in [4.69, 9.17) is 9.47 Å². The highest BCUT2D eigenvalue weighted by Gasteiger charge is 2.35. The Kier molecular flexibility index (Phi) is 8.08. The number of aryl methyl sites for hydroxylation is 1. The molecule has 184 valence electrons. The molecule has 1 atom stereocenters. The van der Waals surface area contributed by atoms with E-state index >= 15 is 0 Å². The smallest absolute Gasteiger partial charge is 0.248 e. The van der Waals surface area contributed by atoms with Crippen LogP contribution in [0.5, 0.6) is 11.5 Å². The fraction of sp³-hybridized carbons (Fsp3) is 0.357. The van der Waals surface area contributed by atoms with Gasteiger partial charge in [-0.2, -0.15) is 0 Å². The minimum absolute atomic E-state index is 0.128. The van der Waals surface area contributed by atoms with Gasteiger partial charge in [-0.3, -0.25) is 14.5 Å². The standard InChI is InChI=1S/C28H32N2O4S/c1-19-9-4-7-13-25(19)27(28(32)29-20-10-5-6-11-20)30(26(31)18-24-12-8-14-35-24)21-15-22(33-2)17-23(16-21)34-3/h4,7-9,12-17,20,27H,5-6,10-11,18H2,1-3H3,(H,29,32)/t27-/m0/s1. The summed E-state index contributed by atoms with van der Waals surface area (Å²) in [5.41, 5.74) is 2.30. The van der Waals surface area contributed by atoms with Gasteiger partial charge in [0.1, 0.15) is 17.5 Å². The molecule has 6 nitrogen and oxygen atoms in total. The van der Waals surface area contributed by atoms with Crippen molar-refractivity contribution in [3.63, 3.8) is 0 Å². The summed E-state index contributed by atoms with van der Waals surface area (Å²) >= 11 is 1.53. The van der Waals surface area contributed by atoms with Crippen LogP contribution in [0.2, 0.25) is 0 Å². The Balaban J connectivity index is 1.84. The number of carbonyl (C=O) groups excluding carboxylic acids is 2. The number of hydrogen-bond acceptors (Lipinski definition) is 5. The molecule has 1 aliphatic carbocycles. The molecule has 2 aromatic carbocycles. The lowest BCUT2D eigenvalue weighted by Gasteiger charge is -2.33. The van der Waals surface area contributed by atoms with Crippen LogP contribution in [-0.4, -0.2) is 32.1 Å². The summed E-state index contributed by atoms with van der Waals surface area (Å²) < 4.78 is 11.0. The summed E-state index contributed by atoms with van der Waals surface area (Å²) in [7, 11) is 3.14. The number of nitrogens with zero attached hydrogens (tertiary/aromatic N) is 1. The molecule has 0 saturated heterocycles. The molecule has 1 saturated carbocycles. The highest BCUT2D eigenvalue weighted by atomic mass is 32.1. The molecule has 3 aromatic rings. The highest BCUT2D eigenvalue weighted by molar-refractivity contribution is 7.10. The third kappa shape index (κ3) is 5.85. The maximum atomic E-state index is 13.9. The number of ether oxygens (including phenoxy) is 2. The van der Waals surface area contributed by atoms with Crippen molar-refractivity contribution in [1.29, 1.82) is 0 Å². The molecule has 0 bridgehead atoms. The van der Waals surface area contributed by atoms with Gasteiger partial charge in [-0.05, 0) is 42.3 Å². The number of thiophene rings is 1. The van der Waals surface area contributed by atoms with E-state index < -0.39 is 6.04 Å². The van der Waals surface area contributed by atoms with Crippen LogP contribution in [0.3, 0.4) is 0 Å². The summed E-state index contributed by atoms with van der Waals surface area (Å²) in [5.74, 6) is 0.756. The predicted molar refractivity (Wildman–Crippen MR) is 139 cm³/mol. The Morgan fingerprint density at radius 2 is 1.71 bits per heavy atom. The fourth-order valence-electron chi connectivity index (χ4n) is 4.66. The Hall–Kier alpha value is -3.32. The van der Waals surface area contributed by atoms with Crippen molar-refractivity contribution in [1.82, 2.24) is 5.32 Å². The first-order chi connectivity index (χ1) is 17.0. The van der Waals surface area contributed by atoms with E-state index in [0.29, 0.717) is 17.2 Å². The van der Waals surface area contributed by atoms with Crippen LogP contribution in [0, 0.1) is 6.92 Å². The molecule has 1 aliphatic rings. The largest absolute Gasteiger partial charge is 0.497 e. The van der Waals surface area contributed by atoms with Gasteiger partial charge in [-0.1, -0.05) is 43.2 Å². The maximum Gasteiger partial charge on any atom is 0.248 e. The average Bonchev–Trinajstić information content (AvgIpc) is 3.57. The molecule has 1 N–H and O–H groups in total. The number of nitrogens with one attached hydrogen (secondary N) is 1. The number of rotatable bonds is 9. The number of benzene rings is 2. The van der Waals surface area contributed by atoms with Crippen molar-refractivity contribution in [2.75, 3.05) is 19.1 Å². The second kappa shape index (κ2) is 11.4. The maximum absolute atomic E-state index is 13.9. The van der Waals surface area contributed by atoms with E-state index in [1.807, 2.05) is 48.7 Å². The SMILES string of the molecule is COc1cc(OC)cc(N(C(=O)Cc2cccs2)[C@H](C(=O)NC2CCCC2)c2ccccc2C)c1. The molecule has 1 heterocycles. The normalized spacial score (nSPS) is 14.4. The summed E-state index contributed by atoms with van der Waals surface area (Å²) in [5, 5.41) is 5.18. The van der Waals surface area contributed by atoms with Gasteiger partial charge in [0.2, 0.25) is 11.8 Å². The van der Waals surface area contributed by atoms with Gasteiger partial charge in [-0.25, -0.2) is 0 Å². The van der Waals surface area contributed by atoms with Gasteiger partial charge in [0.25, 0.3) is 0 Å². The van der Waals surface area contributed by atoms with E-state index in [0.717, 1.165) is 41.7 Å². The van der Waals surface area contributed by atoms with Crippen molar-refractivity contribution < 1.29 is 19.1 Å². The molecule has 1 aromatic heterocycles. The third-order valence-electron chi connectivity index (χ3n) is 6.48. The van der Waals surface area contributed by atoms with Crippen molar-refractivity contribution in [3.8, 4) is 11.5 Å². The molecule has 0 unspecified atom stereocenters. The number of anilines is 1. The van der Waals surface area contributed by atoms with Crippen LogP contribution in [0.15, 0.2) is 60.0 Å². The van der Waals surface area contributed by atoms with Crippen LogP contribution in [0.25, 0.3) is 0 Å². The molecular formula is C28H32N2O4S. The topological polar surface area (TPSA) is 67.9 Å². The van der Waals surface area contributed by atoms with E-state index in [-0.39, 0.29) is 24.3 Å². The Bertz CT molecular complexity index is 1130. The third-order valence-corrected chi connectivity index (χ3v) is 7.36. The lowest BCUT2D eigenvalue weighted by Crippen LogP contribution is -2.47. The molecule has 7 heteroatoms. The van der Waals surface area contributed by atoms with Gasteiger partial charge in [0.05, 0.1) is 26.3 Å². The second-order valence-electron chi connectivity index (χ2n) is 8.84. The molecule has 1 fully saturated rings. The van der Waals surface area contributed by atoms with Crippen LogP contribution in [0.1, 0.15) is 47.7 Å². The molecule has 4 rings (SSSR count). The first-order valence-corrected chi connectivity index (χ1v) is 12.8. The summed E-state index contributed by atoms with van der Waals surface area (Å²) in [6, 6.07) is 16.2. The monoisotopic (exact) mass is 492 g/mol. The van der Waals surface area contributed by atoms with Crippen molar-refractivity contribution in [2.45, 2.75) is 51.1 Å². The molecule has 0 radical (unpaired) electrons. The predicted octanol–water partition coefficient (Wildman–Crippen LogP) is 5.45. The lowest BCUT2D eigenvalue weighted by molar-refractivity contribution is -0.127.